The van der Waals surface area contributed by atoms with E-state index in [0.717, 1.165) is 40.2 Å². The van der Waals surface area contributed by atoms with Gasteiger partial charge in [0.1, 0.15) is 0 Å². The van der Waals surface area contributed by atoms with Gasteiger partial charge in [-0.15, -0.1) is 11.3 Å². The Morgan fingerprint density at radius 3 is 2.93 bits per heavy atom. The van der Waals surface area contributed by atoms with Gasteiger partial charge in [0.2, 0.25) is 0 Å². The minimum atomic E-state index is -0.147. The van der Waals surface area contributed by atoms with Crippen LogP contribution in [0.25, 0.3) is 10.1 Å². The molecule has 0 unspecified atom stereocenters. The zero-order valence-electron chi connectivity index (χ0n) is 16.9. The summed E-state index contributed by atoms with van der Waals surface area (Å²) in [6.07, 6.45) is 7.30. The van der Waals surface area contributed by atoms with Gasteiger partial charge in [-0.05, 0) is 78.5 Å². The van der Waals surface area contributed by atoms with Crippen LogP contribution in [-0.2, 0) is 9.53 Å². The molecule has 0 spiro atoms. The van der Waals surface area contributed by atoms with Crippen molar-refractivity contribution in [3.8, 4) is 0 Å². The van der Waals surface area contributed by atoms with E-state index in [1.54, 1.807) is 23.1 Å². The summed E-state index contributed by atoms with van der Waals surface area (Å²) in [6, 6.07) is 8.40. The maximum atomic E-state index is 13.1. The first kappa shape index (κ1) is 20.7. The van der Waals surface area contributed by atoms with Crippen molar-refractivity contribution in [3.05, 3.63) is 35.2 Å². The van der Waals surface area contributed by atoms with Gasteiger partial charge in [0.05, 0.1) is 18.4 Å². The molecule has 2 aliphatic carbocycles. The molecule has 4 nitrogen and oxygen atoms in total. The van der Waals surface area contributed by atoms with E-state index < -0.39 is 0 Å². The molecule has 2 bridgehead atoms. The molecule has 1 heterocycles. The van der Waals surface area contributed by atoms with Gasteiger partial charge >= 0.3 is 5.97 Å². The van der Waals surface area contributed by atoms with E-state index in [1.165, 1.54) is 32.8 Å². The van der Waals surface area contributed by atoms with Gasteiger partial charge in [0.25, 0.3) is 5.91 Å². The molecular formula is C23H29NO3S2. The summed E-state index contributed by atoms with van der Waals surface area (Å²) in [6.45, 7) is 0. The number of methoxy groups -OCH3 is 1. The van der Waals surface area contributed by atoms with E-state index in [9.17, 15) is 9.59 Å². The first-order chi connectivity index (χ1) is 14.2. The Labute approximate surface area is 180 Å². The van der Waals surface area contributed by atoms with Crippen LogP contribution in [0.15, 0.2) is 29.6 Å². The molecule has 1 aromatic heterocycles. The molecule has 1 aromatic carbocycles. The molecule has 2 aliphatic rings. The molecule has 156 valence electrons. The van der Waals surface area contributed by atoms with E-state index in [2.05, 4.69) is 27.6 Å². The zero-order valence-corrected chi connectivity index (χ0v) is 18.5. The second-order valence-corrected chi connectivity index (χ2v) is 10.3. The van der Waals surface area contributed by atoms with E-state index in [0.29, 0.717) is 23.6 Å². The van der Waals surface area contributed by atoms with Crippen LogP contribution in [0, 0.1) is 17.8 Å². The molecule has 29 heavy (non-hydrogen) atoms. The van der Waals surface area contributed by atoms with Gasteiger partial charge < -0.3 is 10.1 Å². The van der Waals surface area contributed by atoms with Crippen molar-refractivity contribution < 1.29 is 14.3 Å². The first-order valence-electron chi connectivity index (χ1n) is 10.6. The van der Waals surface area contributed by atoms with E-state index in [-0.39, 0.29) is 11.9 Å². The monoisotopic (exact) mass is 431 g/mol. The fourth-order valence-electron chi connectivity index (χ4n) is 5.25. The summed E-state index contributed by atoms with van der Waals surface area (Å²) >= 11 is 3.30. The number of rotatable bonds is 9. The molecule has 4 atom stereocenters. The second-order valence-electron chi connectivity index (χ2n) is 8.27. The Morgan fingerprint density at radius 2 is 2.07 bits per heavy atom. The lowest BCUT2D eigenvalue weighted by Crippen LogP contribution is -2.44. The summed E-state index contributed by atoms with van der Waals surface area (Å²) in [5.41, 5.74) is 0.818. The third-order valence-electron chi connectivity index (χ3n) is 6.63. The van der Waals surface area contributed by atoms with Gasteiger partial charge in [-0.3, -0.25) is 9.59 Å². The molecule has 0 aliphatic heterocycles. The summed E-state index contributed by atoms with van der Waals surface area (Å²) in [4.78, 5) is 24.3. The Hall–Kier alpha value is -1.53. The predicted octanol–water partition coefficient (Wildman–Crippen LogP) is 5.12. The van der Waals surface area contributed by atoms with Crippen molar-refractivity contribution in [2.45, 2.75) is 44.6 Å². The average Bonchev–Trinajstić information content (AvgIpc) is 3.46. The van der Waals surface area contributed by atoms with Gasteiger partial charge in [-0.25, -0.2) is 0 Å². The molecule has 1 N–H and O–H groups in total. The number of esters is 1. The Balaban J connectivity index is 1.32. The number of hydrogen-bond donors (Lipinski definition) is 1. The molecule has 6 heteroatoms. The summed E-state index contributed by atoms with van der Waals surface area (Å²) < 4.78 is 5.77. The lowest BCUT2D eigenvalue weighted by Gasteiger charge is -2.32. The highest BCUT2D eigenvalue weighted by Gasteiger charge is 2.47. The highest BCUT2D eigenvalue weighted by atomic mass is 32.2. The highest BCUT2D eigenvalue weighted by Crippen LogP contribution is 2.50. The molecule has 2 saturated carbocycles. The van der Waals surface area contributed by atoms with Crippen LogP contribution >= 0.6 is 23.1 Å². The number of ether oxygens (including phenoxy) is 1. The minimum Gasteiger partial charge on any atom is -0.468 e. The van der Waals surface area contributed by atoms with E-state index >= 15 is 0 Å². The number of carbonyl (C=O) groups excluding carboxylic acids is 2. The number of nitrogens with one attached hydrogen (secondary N) is 1. The molecule has 2 fully saturated rings. The van der Waals surface area contributed by atoms with Gasteiger partial charge in [-0.1, -0.05) is 18.6 Å². The van der Waals surface area contributed by atoms with Crippen molar-refractivity contribution in [1.82, 2.24) is 5.32 Å². The number of benzene rings is 1. The largest absolute Gasteiger partial charge is 0.468 e. The maximum absolute atomic E-state index is 13.1. The van der Waals surface area contributed by atoms with Crippen LogP contribution in [0.4, 0.5) is 0 Å². The van der Waals surface area contributed by atoms with Crippen molar-refractivity contribution in [2.24, 2.45) is 17.8 Å². The zero-order chi connectivity index (χ0) is 20.2. The summed E-state index contributed by atoms with van der Waals surface area (Å²) in [5.74, 6) is 3.40. The summed E-state index contributed by atoms with van der Waals surface area (Å²) in [5, 5.41) is 6.64. The number of thioether (sulfide) groups is 1. The van der Waals surface area contributed by atoms with Gasteiger partial charge in [0, 0.05) is 10.7 Å². The number of fused-ring (bicyclic) bond motifs is 3. The molecule has 0 saturated heterocycles. The van der Waals surface area contributed by atoms with E-state index in [4.69, 9.17) is 0 Å². The van der Waals surface area contributed by atoms with Gasteiger partial charge in [0.15, 0.2) is 0 Å². The standard InChI is InChI=1S/C23H29NO3S2/c1-27-20(25)14-28-11-3-2-6-18-16-8-9-17(13-16)21(18)24-23(26)19-7-4-5-15-10-12-29-22(15)19/h4-5,7,10,12,16-18,21H,2-3,6,8-9,11,13-14H2,1H3,(H,24,26)/t16-,17+,18+,21+/m1/s1. The molecule has 4 rings (SSSR count). The van der Waals surface area contributed by atoms with Crippen LogP contribution < -0.4 is 5.32 Å². The lowest BCUT2D eigenvalue weighted by atomic mass is 9.81. The summed E-state index contributed by atoms with van der Waals surface area (Å²) in [7, 11) is 1.44. The second kappa shape index (κ2) is 9.52. The SMILES string of the molecule is COC(=O)CSCCCC[C@H]1[C@@H]2CC[C@@H](C2)[C@@H]1NC(=O)c1cccc2ccsc12. The van der Waals surface area contributed by atoms with Crippen molar-refractivity contribution in [1.29, 1.82) is 0 Å². The molecule has 2 aromatic rings. The quantitative estimate of drug-likeness (QED) is 0.442. The third kappa shape index (κ3) is 4.64. The van der Waals surface area contributed by atoms with Crippen LogP contribution in [0.5, 0.6) is 0 Å². The van der Waals surface area contributed by atoms with Crippen LogP contribution in [0.3, 0.4) is 0 Å². The number of thiophene rings is 1. The normalized spacial score (nSPS) is 25.4. The fraction of sp³-hybridized carbons (Fsp3) is 0.565. The minimum absolute atomic E-state index is 0.0919. The van der Waals surface area contributed by atoms with E-state index in [1.807, 2.05) is 12.1 Å². The van der Waals surface area contributed by atoms with Crippen LogP contribution in [0.1, 0.15) is 48.9 Å². The Morgan fingerprint density at radius 1 is 1.21 bits per heavy atom. The van der Waals surface area contributed by atoms with Crippen molar-refractivity contribution in [3.63, 3.8) is 0 Å². The number of hydrogen-bond acceptors (Lipinski definition) is 5. The Bertz CT molecular complexity index is 865. The van der Waals surface area contributed by atoms with Crippen molar-refractivity contribution >= 4 is 45.1 Å². The van der Waals surface area contributed by atoms with Crippen molar-refractivity contribution in [2.75, 3.05) is 18.6 Å². The van der Waals surface area contributed by atoms with Crippen LogP contribution in [0.2, 0.25) is 0 Å². The lowest BCUT2D eigenvalue weighted by molar-refractivity contribution is -0.137. The first-order valence-corrected chi connectivity index (χ1v) is 12.6. The molecule has 1 amide bonds. The number of amides is 1. The van der Waals surface area contributed by atoms with Crippen LogP contribution in [-0.4, -0.2) is 36.5 Å². The van der Waals surface area contributed by atoms with Gasteiger partial charge in [-0.2, -0.15) is 11.8 Å². The average molecular weight is 432 g/mol. The Kier molecular flexibility index (Phi) is 6.81. The topological polar surface area (TPSA) is 55.4 Å². The number of unbranched alkanes of at least 4 members (excludes halogenated alkanes) is 1. The third-order valence-corrected chi connectivity index (χ3v) is 8.61. The number of carbonyl (C=O) groups is 2. The fourth-order valence-corrected chi connectivity index (χ4v) is 7.00. The smallest absolute Gasteiger partial charge is 0.315 e. The highest BCUT2D eigenvalue weighted by molar-refractivity contribution is 7.99. The maximum Gasteiger partial charge on any atom is 0.315 e. The molecule has 0 radical (unpaired) electrons. The molecular weight excluding hydrogens is 402 g/mol. The predicted molar refractivity (Wildman–Crippen MR) is 121 cm³/mol.